The van der Waals surface area contributed by atoms with Crippen molar-refractivity contribution in [2.24, 2.45) is 0 Å². The Bertz CT molecular complexity index is 942. The van der Waals surface area contributed by atoms with Gasteiger partial charge in [0.2, 0.25) is 0 Å². The lowest BCUT2D eigenvalue weighted by Crippen LogP contribution is -2.99. The summed E-state index contributed by atoms with van der Waals surface area (Å²) in [5.74, 6) is 0. The second kappa shape index (κ2) is 4.64. The molecular formula is C15H11N3O2S. The molecule has 0 fully saturated rings. The van der Waals surface area contributed by atoms with Crippen molar-refractivity contribution in [1.82, 2.24) is 9.38 Å². The van der Waals surface area contributed by atoms with Gasteiger partial charge < -0.3 is 5.21 Å². The predicted octanol–water partition coefficient (Wildman–Crippen LogP) is 2.62. The first-order valence-electron chi connectivity index (χ1n) is 6.43. The molecule has 0 saturated heterocycles. The molecule has 1 unspecified atom stereocenters. The maximum Gasteiger partial charge on any atom is 0.195 e. The number of thiazole rings is 1. The van der Waals surface area contributed by atoms with Crippen LogP contribution in [-0.4, -0.2) is 14.6 Å². The van der Waals surface area contributed by atoms with Crippen LogP contribution < -0.4 is 5.23 Å². The highest BCUT2D eigenvalue weighted by molar-refractivity contribution is 7.23. The van der Waals surface area contributed by atoms with Crippen molar-refractivity contribution < 1.29 is 10.4 Å². The minimum absolute atomic E-state index is 0.272. The molecule has 0 spiro atoms. The standard InChI is InChI=1S/C15H11N3O2S/c19-18(20)11-5-3-4-10(8-11)12-9-17-13-6-1-2-7-14(13)21-15(17)16-12/h1-9,18-19H. The molecule has 2 aromatic heterocycles. The van der Waals surface area contributed by atoms with E-state index in [9.17, 15) is 5.21 Å². The fraction of sp³-hybridized carbons (Fsp3) is 0. The van der Waals surface area contributed by atoms with Gasteiger partial charge in [-0.15, -0.1) is 0 Å². The predicted molar refractivity (Wildman–Crippen MR) is 81.8 cm³/mol. The van der Waals surface area contributed by atoms with Crippen LogP contribution in [0.25, 0.3) is 26.4 Å². The van der Waals surface area contributed by atoms with Crippen molar-refractivity contribution in [3.05, 3.63) is 59.9 Å². The zero-order valence-electron chi connectivity index (χ0n) is 10.9. The van der Waals surface area contributed by atoms with Gasteiger partial charge in [-0.3, -0.25) is 4.40 Å². The van der Waals surface area contributed by atoms with Gasteiger partial charge in [0.15, 0.2) is 10.6 Å². The van der Waals surface area contributed by atoms with E-state index in [2.05, 4.69) is 17.1 Å². The summed E-state index contributed by atoms with van der Waals surface area (Å²) in [4.78, 5) is 5.52. The fourth-order valence-electron chi connectivity index (χ4n) is 2.40. The smallest absolute Gasteiger partial charge is 0.195 e. The summed E-state index contributed by atoms with van der Waals surface area (Å²) < 4.78 is 3.23. The first kappa shape index (κ1) is 12.5. The molecule has 6 heteroatoms. The Labute approximate surface area is 123 Å². The Morgan fingerprint density at radius 2 is 2.00 bits per heavy atom. The Kier molecular flexibility index (Phi) is 2.76. The summed E-state index contributed by atoms with van der Waals surface area (Å²) in [5, 5.41) is 19.2. The Hall–Kier alpha value is -2.25. The molecule has 0 aliphatic rings. The number of hydrogen-bond donors (Lipinski definition) is 2. The van der Waals surface area contributed by atoms with E-state index in [-0.39, 0.29) is 5.69 Å². The Morgan fingerprint density at radius 3 is 2.86 bits per heavy atom. The number of quaternary nitrogens is 1. The second-order valence-electron chi connectivity index (χ2n) is 4.73. The third kappa shape index (κ3) is 2.01. The van der Waals surface area contributed by atoms with Crippen LogP contribution in [0.4, 0.5) is 5.69 Å². The fourth-order valence-corrected chi connectivity index (χ4v) is 3.41. The largest absolute Gasteiger partial charge is 0.595 e. The number of aromatic nitrogens is 2. The lowest BCUT2D eigenvalue weighted by Gasteiger charge is -2.11. The lowest BCUT2D eigenvalue weighted by molar-refractivity contribution is -0.991. The molecule has 104 valence electrons. The molecule has 0 saturated carbocycles. The molecule has 0 aliphatic carbocycles. The molecule has 2 aromatic carbocycles. The van der Waals surface area contributed by atoms with Crippen LogP contribution in [0, 0.1) is 5.21 Å². The summed E-state index contributed by atoms with van der Waals surface area (Å²) in [6.45, 7) is 0. The van der Waals surface area contributed by atoms with Crippen molar-refractivity contribution in [1.29, 1.82) is 0 Å². The van der Waals surface area contributed by atoms with Gasteiger partial charge in [0.25, 0.3) is 0 Å². The number of imidazole rings is 1. The monoisotopic (exact) mass is 297 g/mol. The van der Waals surface area contributed by atoms with Crippen LogP contribution >= 0.6 is 11.3 Å². The maximum atomic E-state index is 11.1. The van der Waals surface area contributed by atoms with Gasteiger partial charge in [0.1, 0.15) is 0 Å². The van der Waals surface area contributed by atoms with Gasteiger partial charge in [-0.1, -0.05) is 35.6 Å². The van der Waals surface area contributed by atoms with Crippen LogP contribution in [0.15, 0.2) is 54.7 Å². The number of nitrogens with one attached hydrogen (secondary N) is 1. The summed E-state index contributed by atoms with van der Waals surface area (Å²) in [5.41, 5.74) is 2.99. The quantitative estimate of drug-likeness (QED) is 0.559. The minimum Gasteiger partial charge on any atom is -0.595 e. The third-order valence-corrected chi connectivity index (χ3v) is 4.44. The van der Waals surface area contributed by atoms with Gasteiger partial charge in [-0.25, -0.2) is 10.2 Å². The Balaban J connectivity index is 1.89. The van der Waals surface area contributed by atoms with Crippen molar-refractivity contribution >= 4 is 32.2 Å². The van der Waals surface area contributed by atoms with Crippen molar-refractivity contribution in [3.8, 4) is 11.3 Å². The van der Waals surface area contributed by atoms with E-state index in [1.165, 1.54) is 4.70 Å². The van der Waals surface area contributed by atoms with Crippen molar-refractivity contribution in [3.63, 3.8) is 0 Å². The molecule has 2 N–H and O–H groups in total. The van der Waals surface area contributed by atoms with E-state index in [4.69, 9.17) is 5.21 Å². The Morgan fingerprint density at radius 1 is 1.14 bits per heavy atom. The van der Waals surface area contributed by atoms with Gasteiger partial charge >= 0.3 is 0 Å². The molecule has 0 amide bonds. The van der Waals surface area contributed by atoms with Gasteiger partial charge in [-0.05, 0) is 12.1 Å². The highest BCUT2D eigenvalue weighted by atomic mass is 32.1. The average Bonchev–Trinajstić information content (AvgIpc) is 3.05. The minimum atomic E-state index is -0.927. The SMILES string of the molecule is [O-][NH+](O)c1cccc(-c2cn3c(n2)sc2ccccc23)c1. The van der Waals surface area contributed by atoms with Crippen LogP contribution in [0.5, 0.6) is 0 Å². The van der Waals surface area contributed by atoms with E-state index in [0.717, 1.165) is 21.7 Å². The molecule has 4 rings (SSSR count). The second-order valence-corrected chi connectivity index (χ2v) is 5.74. The summed E-state index contributed by atoms with van der Waals surface area (Å²) in [7, 11) is 0. The van der Waals surface area contributed by atoms with Crippen LogP contribution in [0.1, 0.15) is 0 Å². The zero-order chi connectivity index (χ0) is 14.4. The molecule has 2 heterocycles. The molecule has 1 atom stereocenters. The molecular weight excluding hydrogens is 286 g/mol. The first-order valence-corrected chi connectivity index (χ1v) is 7.24. The lowest BCUT2D eigenvalue weighted by atomic mass is 10.1. The van der Waals surface area contributed by atoms with Gasteiger partial charge in [0, 0.05) is 23.9 Å². The number of benzene rings is 2. The average molecular weight is 297 g/mol. The highest BCUT2D eigenvalue weighted by Crippen LogP contribution is 2.29. The van der Waals surface area contributed by atoms with Crippen molar-refractivity contribution in [2.45, 2.75) is 0 Å². The van der Waals surface area contributed by atoms with E-state index < -0.39 is 5.23 Å². The van der Waals surface area contributed by atoms with E-state index >= 15 is 0 Å². The molecule has 0 radical (unpaired) electrons. The van der Waals surface area contributed by atoms with Gasteiger partial charge in [-0.2, -0.15) is 5.23 Å². The van der Waals surface area contributed by atoms with Gasteiger partial charge in [0.05, 0.1) is 15.9 Å². The topological polar surface area (TPSA) is 65.0 Å². The molecule has 0 aliphatic heterocycles. The van der Waals surface area contributed by atoms with Crippen LogP contribution in [0.2, 0.25) is 0 Å². The molecule has 0 bridgehead atoms. The zero-order valence-corrected chi connectivity index (χ0v) is 11.7. The normalized spacial score (nSPS) is 13.0. The number of para-hydroxylation sites is 1. The summed E-state index contributed by atoms with van der Waals surface area (Å²) in [6, 6.07) is 15.0. The van der Waals surface area contributed by atoms with Crippen molar-refractivity contribution in [2.75, 3.05) is 0 Å². The summed E-state index contributed by atoms with van der Waals surface area (Å²) >= 11 is 1.62. The van der Waals surface area contributed by atoms with E-state index in [1.807, 2.05) is 28.8 Å². The van der Waals surface area contributed by atoms with E-state index in [0.29, 0.717) is 0 Å². The van der Waals surface area contributed by atoms with E-state index in [1.54, 1.807) is 29.5 Å². The molecule has 21 heavy (non-hydrogen) atoms. The number of fused-ring (bicyclic) bond motifs is 3. The molecule has 4 aromatic rings. The molecule has 5 nitrogen and oxygen atoms in total. The highest BCUT2D eigenvalue weighted by Gasteiger charge is 2.11. The van der Waals surface area contributed by atoms with Crippen LogP contribution in [-0.2, 0) is 0 Å². The van der Waals surface area contributed by atoms with Crippen LogP contribution in [0.3, 0.4) is 0 Å². The number of rotatable bonds is 2. The number of nitrogens with zero attached hydrogens (tertiary/aromatic N) is 2. The maximum absolute atomic E-state index is 11.1. The summed E-state index contributed by atoms with van der Waals surface area (Å²) in [6.07, 6.45) is 1.95. The third-order valence-electron chi connectivity index (χ3n) is 3.40. The first-order chi connectivity index (χ1) is 10.2. The number of hydrogen-bond acceptors (Lipinski definition) is 4.